The Morgan fingerprint density at radius 1 is 0.310 bits per heavy atom. The van der Waals surface area contributed by atoms with E-state index in [1.165, 1.54) is 49.2 Å². The summed E-state index contributed by atoms with van der Waals surface area (Å²) in [4.78, 5) is 10.7. The van der Waals surface area contributed by atoms with E-state index in [1.54, 1.807) is 0 Å². The Bertz CT molecular complexity index is 3490. The minimum Gasteiger partial charge on any atom is -0.309 e. The fraction of sp³-hybridized carbons (Fsp3) is 0. The fourth-order valence-electron chi connectivity index (χ4n) is 9.14. The van der Waals surface area contributed by atoms with Crippen LogP contribution in [-0.2, 0) is 0 Å². The van der Waals surface area contributed by atoms with Crippen LogP contribution in [0.15, 0.2) is 206 Å². The minimum absolute atomic E-state index is 0.653. The van der Waals surface area contributed by atoms with Gasteiger partial charge in [0.05, 0.1) is 33.3 Å². The molecule has 0 aliphatic heterocycles. The van der Waals surface area contributed by atoms with Crippen molar-refractivity contribution in [2.24, 2.45) is 0 Å². The van der Waals surface area contributed by atoms with Gasteiger partial charge in [0.15, 0.2) is 0 Å². The van der Waals surface area contributed by atoms with Gasteiger partial charge in [-0.05, 0) is 81.6 Å². The smallest absolute Gasteiger partial charge is 0.235 e. The van der Waals surface area contributed by atoms with Crippen LogP contribution in [0.25, 0.3) is 110 Å². The zero-order chi connectivity index (χ0) is 38.2. The van der Waals surface area contributed by atoms with Crippen LogP contribution in [0.5, 0.6) is 0 Å². The van der Waals surface area contributed by atoms with Crippen LogP contribution in [-0.4, -0.2) is 19.1 Å². The Morgan fingerprint density at radius 2 is 0.828 bits per heavy atom. The topological polar surface area (TPSA) is 35.6 Å². The van der Waals surface area contributed by atoms with E-state index in [-0.39, 0.29) is 0 Å². The number of para-hydroxylation sites is 2. The molecule has 0 amide bonds. The molecule has 0 atom stereocenters. The van der Waals surface area contributed by atoms with Gasteiger partial charge in [-0.3, -0.25) is 4.57 Å². The van der Waals surface area contributed by atoms with E-state index in [9.17, 15) is 0 Å². The van der Waals surface area contributed by atoms with Crippen molar-refractivity contribution in [1.82, 2.24) is 19.1 Å². The number of hydrogen-bond acceptors (Lipinski definition) is 2. The summed E-state index contributed by atoms with van der Waals surface area (Å²) in [6.45, 7) is 0. The number of aromatic nitrogens is 4. The average molecular weight is 739 g/mol. The van der Waals surface area contributed by atoms with Crippen LogP contribution in [0.3, 0.4) is 0 Å². The van der Waals surface area contributed by atoms with E-state index >= 15 is 0 Å². The lowest BCUT2D eigenvalue weighted by Crippen LogP contribution is -2.03. The van der Waals surface area contributed by atoms with E-state index in [0.29, 0.717) is 5.95 Å². The fourth-order valence-corrected chi connectivity index (χ4v) is 9.14. The Balaban J connectivity index is 1.22. The second-order valence-electron chi connectivity index (χ2n) is 15.0. The van der Waals surface area contributed by atoms with E-state index in [0.717, 1.165) is 55.3 Å². The van der Waals surface area contributed by atoms with Crippen LogP contribution in [0.4, 0.5) is 0 Å². The lowest BCUT2D eigenvalue weighted by atomic mass is 9.98. The molecule has 0 N–H and O–H groups in total. The van der Waals surface area contributed by atoms with Gasteiger partial charge in [-0.2, -0.15) is 0 Å². The quantitative estimate of drug-likeness (QED) is 0.176. The average Bonchev–Trinajstić information content (AvgIpc) is 3.82. The van der Waals surface area contributed by atoms with Gasteiger partial charge in [-0.15, -0.1) is 0 Å². The highest BCUT2D eigenvalue weighted by atomic mass is 15.2. The van der Waals surface area contributed by atoms with Crippen LogP contribution < -0.4 is 0 Å². The van der Waals surface area contributed by atoms with Crippen molar-refractivity contribution >= 4 is 65.3 Å². The molecule has 3 heterocycles. The van der Waals surface area contributed by atoms with Crippen molar-refractivity contribution in [3.05, 3.63) is 206 Å². The molecular weight excluding hydrogens is 705 g/mol. The highest BCUT2D eigenvalue weighted by Crippen LogP contribution is 2.45. The van der Waals surface area contributed by atoms with E-state index in [4.69, 9.17) is 9.97 Å². The Hall–Kier alpha value is -7.82. The standard InChI is InChI=1S/C54H34N4/c1-4-16-35(17-5-1)39-32-40(36-18-6-2-7-19-36)34-41(33-39)57-47-29-28-37-20-10-11-23-42(37)50(47)52-49(57)31-30-48-51(52)44-25-13-15-27-46(44)58(48)54-55-45-26-14-12-24-43(45)53(56-54)38-21-8-3-9-22-38/h1-34H. The van der Waals surface area contributed by atoms with Crippen molar-refractivity contribution < 1.29 is 0 Å². The summed E-state index contributed by atoms with van der Waals surface area (Å²) in [6, 6.07) is 73.8. The highest BCUT2D eigenvalue weighted by molar-refractivity contribution is 6.33. The lowest BCUT2D eigenvalue weighted by Gasteiger charge is -2.14. The molecule has 3 aromatic heterocycles. The summed E-state index contributed by atoms with van der Waals surface area (Å²) in [5.41, 5.74) is 13.2. The van der Waals surface area contributed by atoms with Crippen LogP contribution >= 0.6 is 0 Å². The van der Waals surface area contributed by atoms with Crippen molar-refractivity contribution in [1.29, 1.82) is 0 Å². The summed E-state index contributed by atoms with van der Waals surface area (Å²) in [5.74, 6) is 0.653. The molecule has 0 radical (unpaired) electrons. The summed E-state index contributed by atoms with van der Waals surface area (Å²) in [5, 5.41) is 8.27. The first-order valence-electron chi connectivity index (χ1n) is 19.8. The molecule has 0 saturated carbocycles. The largest absolute Gasteiger partial charge is 0.309 e. The monoisotopic (exact) mass is 738 g/mol. The predicted molar refractivity (Wildman–Crippen MR) is 242 cm³/mol. The Labute approximate surface area is 334 Å². The van der Waals surface area contributed by atoms with E-state index in [1.807, 2.05) is 6.07 Å². The van der Waals surface area contributed by atoms with E-state index < -0.39 is 0 Å². The molecule has 270 valence electrons. The maximum absolute atomic E-state index is 5.38. The first-order valence-corrected chi connectivity index (χ1v) is 19.8. The normalized spacial score (nSPS) is 11.8. The van der Waals surface area contributed by atoms with Crippen LogP contribution in [0.2, 0.25) is 0 Å². The SMILES string of the molecule is c1ccc(-c2cc(-c3ccccc3)cc(-n3c4ccc5ccccc5c4c4c5c6ccccc6n(-c6nc(-c7ccccc7)c7ccccc7n6)c5ccc43)c2)cc1. The van der Waals surface area contributed by atoms with Crippen molar-refractivity contribution in [3.63, 3.8) is 0 Å². The van der Waals surface area contributed by atoms with Gasteiger partial charge in [-0.1, -0.05) is 158 Å². The Morgan fingerprint density at radius 3 is 1.53 bits per heavy atom. The molecule has 4 nitrogen and oxygen atoms in total. The summed E-state index contributed by atoms with van der Waals surface area (Å²) < 4.78 is 4.74. The molecule has 12 rings (SSSR count). The van der Waals surface area contributed by atoms with Crippen LogP contribution in [0, 0.1) is 0 Å². The number of fused-ring (bicyclic) bond motifs is 10. The molecule has 0 saturated heterocycles. The molecule has 0 aliphatic carbocycles. The van der Waals surface area contributed by atoms with Gasteiger partial charge in [0.25, 0.3) is 0 Å². The summed E-state index contributed by atoms with van der Waals surface area (Å²) in [7, 11) is 0. The molecule has 9 aromatic carbocycles. The molecule has 0 spiro atoms. The molecule has 4 heteroatoms. The van der Waals surface area contributed by atoms with Gasteiger partial charge in [0, 0.05) is 38.2 Å². The van der Waals surface area contributed by atoms with E-state index in [2.05, 4.69) is 209 Å². The first kappa shape index (κ1) is 32.4. The third-order valence-corrected chi connectivity index (χ3v) is 11.7. The summed E-state index contributed by atoms with van der Waals surface area (Å²) >= 11 is 0. The van der Waals surface area contributed by atoms with Crippen LogP contribution in [0.1, 0.15) is 0 Å². The third-order valence-electron chi connectivity index (χ3n) is 11.7. The van der Waals surface area contributed by atoms with Gasteiger partial charge < -0.3 is 4.57 Å². The third kappa shape index (κ3) is 4.95. The van der Waals surface area contributed by atoms with Gasteiger partial charge in [0.1, 0.15) is 0 Å². The minimum atomic E-state index is 0.653. The lowest BCUT2D eigenvalue weighted by molar-refractivity contribution is 1.01. The molecule has 0 unspecified atom stereocenters. The van der Waals surface area contributed by atoms with Crippen molar-refractivity contribution in [2.45, 2.75) is 0 Å². The zero-order valence-electron chi connectivity index (χ0n) is 31.4. The van der Waals surface area contributed by atoms with Gasteiger partial charge in [-0.25, -0.2) is 9.97 Å². The highest BCUT2D eigenvalue weighted by Gasteiger charge is 2.24. The van der Waals surface area contributed by atoms with Gasteiger partial charge in [0.2, 0.25) is 5.95 Å². The molecule has 0 aliphatic rings. The predicted octanol–water partition coefficient (Wildman–Crippen LogP) is 14.0. The molecule has 0 bridgehead atoms. The van der Waals surface area contributed by atoms with Gasteiger partial charge >= 0.3 is 0 Å². The van der Waals surface area contributed by atoms with Crippen molar-refractivity contribution in [3.8, 4) is 45.1 Å². The maximum Gasteiger partial charge on any atom is 0.235 e. The summed E-state index contributed by atoms with van der Waals surface area (Å²) in [6.07, 6.45) is 0. The molecule has 0 fully saturated rings. The molecule has 58 heavy (non-hydrogen) atoms. The zero-order valence-corrected chi connectivity index (χ0v) is 31.4. The van der Waals surface area contributed by atoms with Crippen molar-refractivity contribution in [2.75, 3.05) is 0 Å². The Kier molecular flexibility index (Phi) is 7.20. The number of rotatable bonds is 5. The number of hydrogen-bond donors (Lipinski definition) is 0. The number of benzene rings is 9. The first-order chi connectivity index (χ1) is 28.8. The molecule has 12 aromatic rings. The maximum atomic E-state index is 5.38. The molecular formula is C54H34N4. The second kappa shape index (κ2) is 12.9. The number of nitrogens with zero attached hydrogens (tertiary/aromatic N) is 4. The second-order valence-corrected chi connectivity index (χ2v) is 15.0.